The Hall–Kier alpha value is -1.05. The summed E-state index contributed by atoms with van der Waals surface area (Å²) in [4.78, 5) is 3.27. The number of aryl methyl sites for hydroxylation is 1. The van der Waals surface area contributed by atoms with Crippen LogP contribution >= 0.6 is 0 Å². The fraction of sp³-hybridized carbons (Fsp3) is 0.167. The number of hydrogen-bond acceptors (Lipinski definition) is 2. The number of aromatic hydroxyl groups is 1. The van der Waals surface area contributed by atoms with Crippen molar-refractivity contribution in [2.45, 2.75) is 6.85 Å². The Morgan fingerprint density at radius 3 is 3.62 bits per heavy atom. The average Bonchev–Trinajstić information content (AvgIpc) is 2.06. The molecule has 0 saturated carbocycles. The lowest BCUT2D eigenvalue weighted by molar-refractivity contribution is 0.474. The molecule has 0 aromatic carbocycles. The SMILES string of the molecule is [2H]c1nc(C([2H])([2H])[2H])c([2H])c(O)c1[2H]. The highest BCUT2D eigenvalue weighted by Gasteiger charge is 1.84. The highest BCUT2D eigenvalue weighted by molar-refractivity contribution is 5.19. The predicted molar refractivity (Wildman–Crippen MR) is 30.6 cm³/mol. The van der Waals surface area contributed by atoms with Gasteiger partial charge in [-0.3, -0.25) is 4.98 Å². The van der Waals surface area contributed by atoms with Gasteiger partial charge in [-0.05, 0) is 12.9 Å². The van der Waals surface area contributed by atoms with Gasteiger partial charge >= 0.3 is 0 Å². The summed E-state index contributed by atoms with van der Waals surface area (Å²) in [5, 5.41) is 9.15. The lowest BCUT2D eigenvalue weighted by Crippen LogP contribution is -1.75. The predicted octanol–water partition coefficient (Wildman–Crippen LogP) is 1.10. The number of nitrogens with zero attached hydrogens (tertiary/aromatic N) is 1. The molecule has 0 saturated heterocycles. The van der Waals surface area contributed by atoms with Crippen LogP contribution in [0.5, 0.6) is 5.75 Å². The number of rotatable bonds is 0. The van der Waals surface area contributed by atoms with Crippen molar-refractivity contribution in [2.24, 2.45) is 0 Å². The van der Waals surface area contributed by atoms with E-state index in [1.165, 1.54) is 0 Å². The van der Waals surface area contributed by atoms with Gasteiger partial charge in [0.25, 0.3) is 0 Å². The Labute approximate surface area is 56.2 Å². The lowest BCUT2D eigenvalue weighted by atomic mass is 10.4. The molecule has 1 heterocycles. The van der Waals surface area contributed by atoms with Gasteiger partial charge in [0.15, 0.2) is 0 Å². The Balaban J connectivity index is 3.49. The molecule has 1 aromatic heterocycles. The summed E-state index contributed by atoms with van der Waals surface area (Å²) in [5.41, 5.74) is -0.656. The minimum Gasteiger partial charge on any atom is -0.508 e. The molecule has 1 N–H and O–H groups in total. The molecule has 0 aliphatic carbocycles. The molecule has 0 bridgehead atoms. The normalized spacial score (nSPS) is 21.5. The van der Waals surface area contributed by atoms with Crippen LogP contribution in [0.3, 0.4) is 0 Å². The summed E-state index contributed by atoms with van der Waals surface area (Å²) in [6.45, 7) is -2.65. The maximum Gasteiger partial charge on any atom is 0.118 e. The van der Waals surface area contributed by atoms with E-state index in [0.717, 1.165) is 0 Å². The molecule has 0 amide bonds. The van der Waals surface area contributed by atoms with Crippen LogP contribution < -0.4 is 0 Å². The van der Waals surface area contributed by atoms with E-state index in [4.69, 9.17) is 13.3 Å². The Bertz CT molecular complexity index is 374. The van der Waals surface area contributed by atoms with E-state index >= 15 is 0 Å². The van der Waals surface area contributed by atoms with E-state index in [0.29, 0.717) is 0 Å². The van der Waals surface area contributed by atoms with E-state index in [-0.39, 0.29) is 0 Å². The van der Waals surface area contributed by atoms with Crippen LogP contribution in [0, 0.1) is 6.85 Å². The van der Waals surface area contributed by atoms with Gasteiger partial charge in [-0.1, -0.05) is 0 Å². The van der Waals surface area contributed by atoms with Crippen LogP contribution in [0.1, 0.15) is 13.9 Å². The second-order valence-corrected chi connectivity index (χ2v) is 1.17. The van der Waals surface area contributed by atoms with E-state index < -0.39 is 36.6 Å². The third-order valence-corrected chi connectivity index (χ3v) is 0.579. The van der Waals surface area contributed by atoms with Gasteiger partial charge in [0, 0.05) is 22.0 Å². The Morgan fingerprint density at radius 2 is 2.88 bits per heavy atom. The second kappa shape index (κ2) is 1.82. The molecule has 0 fully saturated rings. The standard InChI is InChI=1S/C6H7NO/c1-5-4-6(8)2-3-7-5/h2-4H,1H3,(H,7,8)/i1D3,2D,3D,4D. The topological polar surface area (TPSA) is 33.1 Å². The first-order valence-corrected chi connectivity index (χ1v) is 1.92. The summed E-state index contributed by atoms with van der Waals surface area (Å²) in [5.74, 6) is -0.823. The average molecular weight is 115 g/mol. The van der Waals surface area contributed by atoms with Gasteiger partial charge < -0.3 is 5.11 Å². The molecule has 1 aromatic rings. The van der Waals surface area contributed by atoms with Gasteiger partial charge in [0.1, 0.15) is 5.75 Å². The van der Waals surface area contributed by atoms with Crippen LogP contribution in [0.4, 0.5) is 0 Å². The van der Waals surface area contributed by atoms with E-state index in [2.05, 4.69) is 4.98 Å². The fourth-order valence-corrected chi connectivity index (χ4v) is 0.308. The minimum absolute atomic E-state index is 0.636. The summed E-state index contributed by atoms with van der Waals surface area (Å²) in [6.07, 6.45) is -0.648. The molecule has 1 rings (SSSR count). The smallest absolute Gasteiger partial charge is 0.118 e. The first-order chi connectivity index (χ1) is 6.25. The van der Waals surface area contributed by atoms with E-state index in [9.17, 15) is 0 Å². The van der Waals surface area contributed by atoms with Crippen molar-refractivity contribution in [1.29, 1.82) is 0 Å². The third-order valence-electron chi connectivity index (χ3n) is 0.579. The first-order valence-electron chi connectivity index (χ1n) is 4.92. The molecule has 0 unspecified atom stereocenters. The van der Waals surface area contributed by atoms with E-state index in [1.54, 1.807) is 0 Å². The monoisotopic (exact) mass is 115 g/mol. The molecule has 0 spiro atoms. The van der Waals surface area contributed by atoms with Crippen molar-refractivity contribution in [2.75, 3.05) is 0 Å². The lowest BCUT2D eigenvalue weighted by Gasteiger charge is -1.89. The molecule has 2 nitrogen and oxygen atoms in total. The molecule has 2 heteroatoms. The minimum atomic E-state index is -2.65. The Kier molecular flexibility index (Phi) is 0.334. The zero-order chi connectivity index (χ0) is 11.1. The van der Waals surface area contributed by atoms with Gasteiger partial charge in [-0.2, -0.15) is 0 Å². The largest absolute Gasteiger partial charge is 0.508 e. The molecule has 0 atom stereocenters. The number of pyridine rings is 1. The van der Waals surface area contributed by atoms with Gasteiger partial charge in [-0.25, -0.2) is 0 Å². The van der Waals surface area contributed by atoms with Crippen LogP contribution in [0.25, 0.3) is 0 Å². The highest BCUT2D eigenvalue weighted by atomic mass is 16.3. The number of hydrogen-bond donors (Lipinski definition) is 1. The first kappa shape index (κ1) is 1.47. The molecule has 8 heavy (non-hydrogen) atoms. The van der Waals surface area contributed by atoms with Gasteiger partial charge in [-0.15, -0.1) is 0 Å². The summed E-state index contributed by atoms with van der Waals surface area (Å²) in [6, 6.07) is -1.35. The zero-order valence-corrected chi connectivity index (χ0v) is 3.89. The zero-order valence-electron chi connectivity index (χ0n) is 9.89. The molecule has 0 aliphatic heterocycles. The van der Waals surface area contributed by atoms with Crippen molar-refractivity contribution in [3.05, 3.63) is 24.0 Å². The Morgan fingerprint density at radius 1 is 2.00 bits per heavy atom. The molecular weight excluding hydrogens is 102 g/mol. The summed E-state index contributed by atoms with van der Waals surface area (Å²) >= 11 is 0. The molecule has 0 aliphatic rings. The van der Waals surface area contributed by atoms with Gasteiger partial charge in [0.2, 0.25) is 0 Å². The number of aromatic nitrogens is 1. The maximum atomic E-state index is 9.15. The van der Waals surface area contributed by atoms with Crippen molar-refractivity contribution >= 4 is 0 Å². The van der Waals surface area contributed by atoms with Crippen molar-refractivity contribution in [3.63, 3.8) is 0 Å². The van der Waals surface area contributed by atoms with Crippen molar-refractivity contribution in [3.8, 4) is 5.75 Å². The maximum absolute atomic E-state index is 9.15. The van der Waals surface area contributed by atoms with Crippen molar-refractivity contribution < 1.29 is 13.3 Å². The van der Waals surface area contributed by atoms with Gasteiger partial charge in [0.05, 0.1) is 4.11 Å². The van der Waals surface area contributed by atoms with Crippen LogP contribution in [0.15, 0.2) is 18.3 Å². The molecule has 0 radical (unpaired) electrons. The molecular formula is C6H7NO. The molecule has 42 valence electrons. The van der Waals surface area contributed by atoms with Crippen LogP contribution in [-0.4, -0.2) is 10.1 Å². The van der Waals surface area contributed by atoms with Crippen LogP contribution in [0.2, 0.25) is 0 Å². The quantitative estimate of drug-likeness (QED) is 0.549. The fourth-order valence-electron chi connectivity index (χ4n) is 0.308. The van der Waals surface area contributed by atoms with Crippen molar-refractivity contribution in [1.82, 2.24) is 4.98 Å². The highest BCUT2D eigenvalue weighted by Crippen LogP contribution is 2.05. The van der Waals surface area contributed by atoms with Crippen LogP contribution in [-0.2, 0) is 0 Å². The second-order valence-electron chi connectivity index (χ2n) is 1.17. The van der Waals surface area contributed by atoms with E-state index in [1.807, 2.05) is 0 Å². The summed E-state index contributed by atoms with van der Waals surface area (Å²) in [7, 11) is 0. The summed E-state index contributed by atoms with van der Waals surface area (Å²) < 4.78 is 42.3. The third kappa shape index (κ3) is 0.964.